The number of pyridine rings is 1. The molecule has 1 saturated carbocycles. The Morgan fingerprint density at radius 1 is 1.21 bits per heavy atom. The van der Waals surface area contributed by atoms with Crippen LogP contribution in [0.3, 0.4) is 0 Å². The number of nitrogens with one attached hydrogen (secondary N) is 3. The zero-order chi connectivity index (χ0) is 25.6. The van der Waals surface area contributed by atoms with Crippen molar-refractivity contribution in [3.8, 4) is 0 Å². The highest BCUT2D eigenvalue weighted by atomic mass is 19.1. The lowest BCUT2D eigenvalue weighted by molar-refractivity contribution is -0.117. The van der Waals surface area contributed by atoms with Crippen LogP contribution in [-0.4, -0.2) is 68.5 Å². The predicted octanol–water partition coefficient (Wildman–Crippen LogP) is 2.05. The lowest BCUT2D eigenvalue weighted by Crippen LogP contribution is -2.41. The fourth-order valence-electron chi connectivity index (χ4n) is 4.73. The summed E-state index contributed by atoms with van der Waals surface area (Å²) in [4.78, 5) is 25.1. The fraction of sp³-hybridized carbons (Fsp3) is 0.304. The van der Waals surface area contributed by atoms with E-state index < -0.39 is 12.0 Å². The van der Waals surface area contributed by atoms with Crippen LogP contribution >= 0.6 is 0 Å². The van der Waals surface area contributed by atoms with Gasteiger partial charge in [-0.25, -0.2) is 9.50 Å². The number of carbonyl (C=O) groups excluding carboxylic acids is 1. The molecule has 0 spiro atoms. The number of aromatic amines is 1. The molecule has 14 nitrogen and oxygen atoms in total. The van der Waals surface area contributed by atoms with E-state index in [1.807, 2.05) is 29.3 Å². The Labute approximate surface area is 214 Å². The van der Waals surface area contributed by atoms with Gasteiger partial charge in [-0.3, -0.25) is 9.89 Å². The quantitative estimate of drug-likeness (QED) is 0.274. The average molecular weight is 516 g/mol. The number of H-pyrrole nitrogens is 1. The molecule has 7 rings (SSSR count). The molecular formula is C23H22FN13O. The Kier molecular flexibility index (Phi) is 5.19. The number of fused-ring (bicyclic) bond motifs is 1. The van der Waals surface area contributed by atoms with Crippen molar-refractivity contribution in [2.75, 3.05) is 22.1 Å². The van der Waals surface area contributed by atoms with Crippen LogP contribution in [0.25, 0.3) is 5.52 Å². The zero-order valence-corrected chi connectivity index (χ0v) is 19.9. The van der Waals surface area contributed by atoms with Gasteiger partial charge in [0, 0.05) is 36.8 Å². The van der Waals surface area contributed by atoms with Gasteiger partial charge in [0.25, 0.3) is 0 Å². The summed E-state index contributed by atoms with van der Waals surface area (Å²) in [5.74, 6) is 1.15. The number of carbonyl (C=O) groups is 1. The van der Waals surface area contributed by atoms with E-state index in [9.17, 15) is 9.18 Å². The lowest BCUT2D eigenvalue weighted by atomic mass is 10.1. The first kappa shape index (κ1) is 22.3. The van der Waals surface area contributed by atoms with Crippen LogP contribution in [0.1, 0.15) is 36.9 Å². The maximum absolute atomic E-state index is 13.4. The van der Waals surface area contributed by atoms with E-state index in [0.717, 1.165) is 24.1 Å². The van der Waals surface area contributed by atoms with Crippen LogP contribution < -0.4 is 15.5 Å². The molecule has 2 fully saturated rings. The zero-order valence-electron chi connectivity index (χ0n) is 19.9. The molecule has 15 heteroatoms. The summed E-state index contributed by atoms with van der Waals surface area (Å²) in [6, 6.07) is 7.51. The smallest absolute Gasteiger partial charge is 0.247 e. The Hall–Kier alpha value is -4.95. The maximum atomic E-state index is 13.4. The van der Waals surface area contributed by atoms with Crippen molar-refractivity contribution in [3.63, 3.8) is 0 Å². The summed E-state index contributed by atoms with van der Waals surface area (Å²) in [5, 5.41) is 30.3. The predicted molar refractivity (Wildman–Crippen MR) is 132 cm³/mol. The van der Waals surface area contributed by atoms with Crippen molar-refractivity contribution in [2.45, 2.75) is 37.3 Å². The molecule has 2 atom stereocenters. The van der Waals surface area contributed by atoms with Crippen LogP contribution in [0.2, 0.25) is 0 Å². The number of nitrogens with zero attached hydrogens (tertiary/aromatic N) is 10. The number of rotatable bonds is 7. The van der Waals surface area contributed by atoms with Crippen molar-refractivity contribution in [2.24, 2.45) is 0 Å². The normalized spacial score (nSPS) is 19.2. The van der Waals surface area contributed by atoms with Crippen molar-refractivity contribution in [3.05, 3.63) is 60.7 Å². The first-order valence-corrected chi connectivity index (χ1v) is 12.2. The van der Waals surface area contributed by atoms with E-state index in [4.69, 9.17) is 4.98 Å². The SMILES string of the molecule is O=C(Nc1ccc(F)nc1)[C@@H]1C[C@@H](n2ncnn2)CN1c1nc(Nc2cc(C3CC3)[nH]n2)c2cccn2n1. The van der Waals surface area contributed by atoms with Crippen molar-refractivity contribution in [1.29, 1.82) is 0 Å². The molecule has 0 unspecified atom stereocenters. The molecule has 38 heavy (non-hydrogen) atoms. The van der Waals surface area contributed by atoms with Gasteiger partial charge in [-0.15, -0.1) is 15.3 Å². The van der Waals surface area contributed by atoms with Gasteiger partial charge in [-0.05, 0) is 42.3 Å². The summed E-state index contributed by atoms with van der Waals surface area (Å²) in [7, 11) is 0. The highest BCUT2D eigenvalue weighted by Crippen LogP contribution is 2.40. The van der Waals surface area contributed by atoms with Crippen LogP contribution in [0.4, 0.5) is 27.7 Å². The number of halogens is 1. The molecule has 6 heterocycles. The highest BCUT2D eigenvalue weighted by Gasteiger charge is 2.40. The summed E-state index contributed by atoms with van der Waals surface area (Å²) in [5.41, 5.74) is 2.24. The largest absolute Gasteiger partial charge is 0.325 e. The third kappa shape index (κ3) is 4.16. The van der Waals surface area contributed by atoms with Crippen LogP contribution in [-0.2, 0) is 4.79 Å². The summed E-state index contributed by atoms with van der Waals surface area (Å²) < 4.78 is 15.0. The number of hydrogen-bond donors (Lipinski definition) is 3. The van der Waals surface area contributed by atoms with Gasteiger partial charge in [0.15, 0.2) is 18.0 Å². The highest BCUT2D eigenvalue weighted by molar-refractivity contribution is 5.97. The van der Waals surface area contributed by atoms with Gasteiger partial charge in [0.1, 0.15) is 11.6 Å². The molecule has 192 valence electrons. The Bertz CT molecular complexity index is 1590. The number of tetrazole rings is 1. The second-order valence-corrected chi connectivity index (χ2v) is 9.38. The maximum Gasteiger partial charge on any atom is 0.247 e. The van der Waals surface area contributed by atoms with Gasteiger partial charge < -0.3 is 15.5 Å². The third-order valence-corrected chi connectivity index (χ3v) is 6.77. The molecule has 1 aliphatic carbocycles. The minimum Gasteiger partial charge on any atom is -0.325 e. The van der Waals surface area contributed by atoms with E-state index in [1.54, 1.807) is 4.52 Å². The molecule has 1 amide bonds. The molecule has 5 aromatic rings. The van der Waals surface area contributed by atoms with Crippen molar-refractivity contribution >= 4 is 34.7 Å². The van der Waals surface area contributed by atoms with E-state index in [0.29, 0.717) is 42.2 Å². The molecule has 2 aliphatic rings. The number of anilines is 4. The summed E-state index contributed by atoms with van der Waals surface area (Å²) in [6.07, 6.45) is 7.15. The summed E-state index contributed by atoms with van der Waals surface area (Å²) in [6.45, 7) is 0.372. The minimum atomic E-state index is -0.663. The molecule has 0 aromatic carbocycles. The van der Waals surface area contributed by atoms with Crippen LogP contribution in [0.5, 0.6) is 0 Å². The molecule has 3 N–H and O–H groups in total. The second kappa shape index (κ2) is 8.86. The number of aromatic nitrogens is 10. The van der Waals surface area contributed by atoms with Gasteiger partial charge in [0.05, 0.1) is 17.9 Å². The Balaban J connectivity index is 1.22. The van der Waals surface area contributed by atoms with Gasteiger partial charge in [-0.2, -0.15) is 19.3 Å². The summed E-state index contributed by atoms with van der Waals surface area (Å²) >= 11 is 0. The molecule has 5 aromatic heterocycles. The van der Waals surface area contributed by atoms with E-state index in [2.05, 4.69) is 46.3 Å². The van der Waals surface area contributed by atoms with Gasteiger partial charge in [-0.1, -0.05) is 0 Å². The fourth-order valence-corrected chi connectivity index (χ4v) is 4.73. The van der Waals surface area contributed by atoms with Crippen LogP contribution in [0.15, 0.2) is 49.1 Å². The number of amides is 1. The van der Waals surface area contributed by atoms with Gasteiger partial charge in [0.2, 0.25) is 17.8 Å². The van der Waals surface area contributed by atoms with E-state index in [-0.39, 0.29) is 11.9 Å². The lowest BCUT2D eigenvalue weighted by Gasteiger charge is -2.24. The van der Waals surface area contributed by atoms with Crippen molar-refractivity contribution < 1.29 is 9.18 Å². The second-order valence-electron chi connectivity index (χ2n) is 9.38. The third-order valence-electron chi connectivity index (χ3n) is 6.77. The molecule has 1 aliphatic heterocycles. The molecular weight excluding hydrogens is 493 g/mol. The first-order chi connectivity index (χ1) is 18.6. The topological polar surface area (TPSA) is 160 Å². The van der Waals surface area contributed by atoms with E-state index >= 15 is 0 Å². The Morgan fingerprint density at radius 3 is 2.92 bits per heavy atom. The van der Waals surface area contributed by atoms with Gasteiger partial charge >= 0.3 is 0 Å². The Morgan fingerprint density at radius 2 is 2.13 bits per heavy atom. The van der Waals surface area contributed by atoms with Crippen molar-refractivity contribution in [1.82, 2.24) is 50.0 Å². The monoisotopic (exact) mass is 515 g/mol. The standard InChI is InChI=1S/C23H22FN13O/c24-19-6-5-14(10-25-19)28-22(38)18-8-15(37-27-12-26-34-37)11-35(18)23-30-21(17-2-1-7-36(17)33-23)29-20-9-16(31-32-20)13-3-4-13/h1-2,5-7,9-10,12-13,15,18H,3-4,8,11H2,(H,28,38)(H2,29,30,31,32,33)/t15-,18+/m1/s1. The van der Waals surface area contributed by atoms with Crippen LogP contribution in [0, 0.1) is 5.95 Å². The first-order valence-electron chi connectivity index (χ1n) is 12.2. The molecule has 0 radical (unpaired) electrons. The minimum absolute atomic E-state index is 0.243. The number of hydrogen-bond acceptors (Lipinski definition) is 10. The van der Waals surface area contributed by atoms with E-state index in [1.165, 1.54) is 29.5 Å². The molecule has 1 saturated heterocycles. The average Bonchev–Trinajstić information content (AvgIpc) is 3.39. The molecule has 0 bridgehead atoms.